The maximum absolute atomic E-state index is 13.1. The van der Waals surface area contributed by atoms with Crippen molar-refractivity contribution in [2.24, 2.45) is 0 Å². The standard InChI is InChI=1S/C22H18FN3O5S.C2HF3O2/c23-14-4-2-13(3-5-14)16-6-1-12(7-24-16)9-26-17-11-32-10-15(17)20(29)19(22(26)31)21(30)25-8-18(27)28;3-2(4,5)1(6)7/h1-7,29H,8-11H2,(H,25,30)(H,27,28);(H,6,7). The number of hydrogen-bond donors (Lipinski definition) is 4. The van der Waals surface area contributed by atoms with E-state index in [0.717, 1.165) is 5.56 Å². The molecule has 0 atom stereocenters. The van der Waals surface area contributed by atoms with Gasteiger partial charge in [0.15, 0.2) is 0 Å². The first-order valence-corrected chi connectivity index (χ1v) is 12.0. The number of carbonyl (C=O) groups is 3. The van der Waals surface area contributed by atoms with Gasteiger partial charge in [-0.3, -0.25) is 19.4 Å². The molecule has 206 valence electrons. The predicted octanol–water partition coefficient (Wildman–Crippen LogP) is 3.00. The maximum Gasteiger partial charge on any atom is 0.490 e. The van der Waals surface area contributed by atoms with Crippen LogP contribution in [0.4, 0.5) is 17.6 Å². The Morgan fingerprint density at radius 1 is 1.05 bits per heavy atom. The van der Waals surface area contributed by atoms with Crippen LogP contribution in [0.3, 0.4) is 0 Å². The van der Waals surface area contributed by atoms with Gasteiger partial charge in [0, 0.05) is 34.5 Å². The van der Waals surface area contributed by atoms with Crippen LogP contribution in [0.15, 0.2) is 47.4 Å². The van der Waals surface area contributed by atoms with Crippen LogP contribution in [0.5, 0.6) is 5.75 Å². The van der Waals surface area contributed by atoms with E-state index in [1.54, 1.807) is 30.5 Å². The molecular formula is C24H19F4N3O7S. The van der Waals surface area contributed by atoms with Gasteiger partial charge in [-0.1, -0.05) is 6.07 Å². The number of nitrogens with one attached hydrogen (secondary N) is 1. The van der Waals surface area contributed by atoms with Crippen LogP contribution >= 0.6 is 11.8 Å². The molecule has 4 rings (SSSR count). The van der Waals surface area contributed by atoms with E-state index in [1.165, 1.54) is 28.5 Å². The Morgan fingerprint density at radius 3 is 2.23 bits per heavy atom. The molecule has 0 saturated heterocycles. The number of aliphatic carboxylic acids is 2. The number of benzene rings is 1. The SMILES string of the molecule is O=C(O)C(F)(F)F.O=C(O)CNC(=O)c1c(O)c2c(n(Cc3ccc(-c4ccc(F)cc4)nc3)c1=O)CSC2. The van der Waals surface area contributed by atoms with Crippen molar-refractivity contribution in [1.82, 2.24) is 14.9 Å². The van der Waals surface area contributed by atoms with Crippen molar-refractivity contribution < 1.29 is 47.3 Å². The number of alkyl halides is 3. The summed E-state index contributed by atoms with van der Waals surface area (Å²) in [4.78, 5) is 49.6. The van der Waals surface area contributed by atoms with Gasteiger partial charge < -0.3 is 25.2 Å². The normalized spacial score (nSPS) is 12.2. The highest BCUT2D eigenvalue weighted by Gasteiger charge is 2.38. The van der Waals surface area contributed by atoms with Gasteiger partial charge in [-0.05, 0) is 35.9 Å². The number of aromatic nitrogens is 2. The molecule has 0 unspecified atom stereocenters. The average Bonchev–Trinajstić information content (AvgIpc) is 3.36. The summed E-state index contributed by atoms with van der Waals surface area (Å²) >= 11 is 1.50. The molecule has 10 nitrogen and oxygen atoms in total. The number of aromatic hydroxyl groups is 1. The van der Waals surface area contributed by atoms with Gasteiger partial charge in [-0.15, -0.1) is 0 Å². The van der Waals surface area contributed by atoms with Gasteiger partial charge >= 0.3 is 18.1 Å². The van der Waals surface area contributed by atoms with Crippen molar-refractivity contribution in [2.75, 3.05) is 6.54 Å². The Morgan fingerprint density at radius 2 is 1.69 bits per heavy atom. The van der Waals surface area contributed by atoms with E-state index in [-0.39, 0.29) is 12.4 Å². The summed E-state index contributed by atoms with van der Waals surface area (Å²) in [5.41, 5.74) is 2.02. The zero-order chi connectivity index (χ0) is 28.9. The quantitative estimate of drug-likeness (QED) is 0.328. The minimum atomic E-state index is -5.08. The molecule has 1 aliphatic heterocycles. The molecule has 0 saturated carbocycles. The number of nitrogens with zero attached hydrogens (tertiary/aromatic N) is 2. The first kappa shape index (κ1) is 29.2. The van der Waals surface area contributed by atoms with Crippen LogP contribution in [0.2, 0.25) is 0 Å². The van der Waals surface area contributed by atoms with Gasteiger partial charge in [0.2, 0.25) is 0 Å². The van der Waals surface area contributed by atoms with E-state index in [1.807, 2.05) is 0 Å². The number of hydrogen-bond acceptors (Lipinski definition) is 7. The number of rotatable bonds is 6. The average molecular weight is 569 g/mol. The molecule has 15 heteroatoms. The van der Waals surface area contributed by atoms with Crippen LogP contribution < -0.4 is 10.9 Å². The predicted molar refractivity (Wildman–Crippen MR) is 130 cm³/mol. The van der Waals surface area contributed by atoms with E-state index >= 15 is 0 Å². The first-order valence-electron chi connectivity index (χ1n) is 10.9. The maximum atomic E-state index is 13.1. The Balaban J connectivity index is 0.000000532. The first-order chi connectivity index (χ1) is 18.3. The van der Waals surface area contributed by atoms with Crippen LogP contribution in [0.1, 0.15) is 27.2 Å². The van der Waals surface area contributed by atoms with Gasteiger partial charge in [0.1, 0.15) is 23.7 Å². The van der Waals surface area contributed by atoms with Gasteiger partial charge in [-0.2, -0.15) is 24.9 Å². The molecule has 39 heavy (non-hydrogen) atoms. The summed E-state index contributed by atoms with van der Waals surface area (Å²) in [6.45, 7) is -0.545. The number of halogens is 4. The fourth-order valence-corrected chi connectivity index (χ4v) is 4.62. The minimum absolute atomic E-state index is 0.123. The van der Waals surface area contributed by atoms with Gasteiger partial charge in [-0.25, -0.2) is 9.18 Å². The lowest BCUT2D eigenvalue weighted by molar-refractivity contribution is -0.192. The Labute approximate surface area is 220 Å². The van der Waals surface area contributed by atoms with Crippen molar-refractivity contribution >= 4 is 29.6 Å². The zero-order valence-corrected chi connectivity index (χ0v) is 20.5. The van der Waals surface area contributed by atoms with Crippen molar-refractivity contribution in [3.63, 3.8) is 0 Å². The molecule has 0 fully saturated rings. The number of carboxylic acids is 2. The molecule has 0 aliphatic carbocycles. The van der Waals surface area contributed by atoms with Crippen LogP contribution in [0, 0.1) is 5.82 Å². The number of carboxylic acid groups (broad SMARTS) is 2. The molecule has 1 amide bonds. The zero-order valence-electron chi connectivity index (χ0n) is 19.7. The van der Waals surface area contributed by atoms with Crippen LogP contribution in [0.25, 0.3) is 11.3 Å². The number of carbonyl (C=O) groups excluding carboxylic acids is 1. The number of thioether (sulfide) groups is 1. The van der Waals surface area contributed by atoms with Crippen molar-refractivity contribution in [3.05, 3.63) is 81.2 Å². The molecule has 3 aromatic rings. The minimum Gasteiger partial charge on any atom is -0.507 e. The Hall–Kier alpha value is -4.40. The summed E-state index contributed by atoms with van der Waals surface area (Å²) in [6.07, 6.45) is -3.49. The second kappa shape index (κ2) is 12.0. The summed E-state index contributed by atoms with van der Waals surface area (Å²) in [6, 6.07) is 9.46. The van der Waals surface area contributed by atoms with E-state index in [0.29, 0.717) is 34.0 Å². The lowest BCUT2D eigenvalue weighted by Gasteiger charge is -2.16. The lowest BCUT2D eigenvalue weighted by atomic mass is 10.1. The monoisotopic (exact) mass is 569 g/mol. The smallest absolute Gasteiger partial charge is 0.490 e. The fraction of sp³-hybridized carbons (Fsp3) is 0.208. The lowest BCUT2D eigenvalue weighted by Crippen LogP contribution is -2.37. The molecule has 2 aromatic heterocycles. The van der Waals surface area contributed by atoms with Crippen LogP contribution in [-0.2, 0) is 27.6 Å². The summed E-state index contributed by atoms with van der Waals surface area (Å²) < 4.78 is 46.3. The highest BCUT2D eigenvalue weighted by Crippen LogP contribution is 2.36. The molecule has 0 spiro atoms. The third-order valence-corrected chi connectivity index (χ3v) is 6.29. The van der Waals surface area contributed by atoms with E-state index in [9.17, 15) is 37.1 Å². The third kappa shape index (κ3) is 7.13. The number of fused-ring (bicyclic) bond motifs is 1. The van der Waals surface area contributed by atoms with Crippen molar-refractivity contribution in [3.8, 4) is 17.0 Å². The fourth-order valence-electron chi connectivity index (χ4n) is 3.48. The molecule has 0 bridgehead atoms. The van der Waals surface area contributed by atoms with Crippen LogP contribution in [-0.4, -0.2) is 55.4 Å². The molecule has 0 radical (unpaired) electrons. The third-order valence-electron chi connectivity index (χ3n) is 5.32. The summed E-state index contributed by atoms with van der Waals surface area (Å²) in [5, 5.41) is 28.6. The molecule has 3 heterocycles. The van der Waals surface area contributed by atoms with Gasteiger partial charge in [0.05, 0.1) is 12.2 Å². The molecule has 1 aliphatic rings. The summed E-state index contributed by atoms with van der Waals surface area (Å²) in [5.74, 6) is -4.77. The van der Waals surface area contributed by atoms with E-state index < -0.39 is 47.4 Å². The van der Waals surface area contributed by atoms with E-state index in [4.69, 9.17) is 15.0 Å². The Bertz CT molecular complexity index is 1460. The van der Waals surface area contributed by atoms with Crippen molar-refractivity contribution in [2.45, 2.75) is 24.2 Å². The second-order valence-electron chi connectivity index (χ2n) is 7.97. The largest absolute Gasteiger partial charge is 0.507 e. The van der Waals surface area contributed by atoms with E-state index in [2.05, 4.69) is 10.3 Å². The Kier molecular flexibility index (Phi) is 8.96. The topological polar surface area (TPSA) is 159 Å². The number of pyridine rings is 2. The molecular weight excluding hydrogens is 550 g/mol. The number of amides is 1. The molecule has 1 aromatic carbocycles. The highest BCUT2D eigenvalue weighted by molar-refractivity contribution is 7.98. The van der Waals surface area contributed by atoms with Gasteiger partial charge in [0.25, 0.3) is 11.5 Å². The molecule has 4 N–H and O–H groups in total. The van der Waals surface area contributed by atoms with Crippen molar-refractivity contribution in [1.29, 1.82) is 0 Å². The highest BCUT2D eigenvalue weighted by atomic mass is 32.2. The summed E-state index contributed by atoms with van der Waals surface area (Å²) in [7, 11) is 0. The second-order valence-corrected chi connectivity index (χ2v) is 8.96.